The maximum absolute atomic E-state index is 13.4. The summed E-state index contributed by atoms with van der Waals surface area (Å²) in [4.78, 5) is 2.47. The standard InChI is InChI=1S/C20H23FN2O2/c21-16-5-3-4-15(12-16)13-24-19-14-25-18-7-2-1-6-17(18)20(19)23-10-8-22-9-11-23/h1-7,12,19-20,22H,8-11,13-14H2. The topological polar surface area (TPSA) is 33.7 Å². The van der Waals surface area contributed by atoms with Gasteiger partial charge in [-0.2, -0.15) is 0 Å². The van der Waals surface area contributed by atoms with Crippen molar-refractivity contribution in [3.05, 3.63) is 65.5 Å². The third kappa shape index (κ3) is 3.68. The molecule has 2 aliphatic heterocycles. The van der Waals surface area contributed by atoms with Crippen molar-refractivity contribution in [2.75, 3.05) is 32.8 Å². The van der Waals surface area contributed by atoms with E-state index >= 15 is 0 Å². The van der Waals surface area contributed by atoms with Crippen molar-refractivity contribution in [2.45, 2.75) is 18.8 Å². The molecule has 5 heteroatoms. The van der Waals surface area contributed by atoms with Gasteiger partial charge < -0.3 is 14.8 Å². The molecule has 1 saturated heterocycles. The molecular weight excluding hydrogens is 319 g/mol. The van der Waals surface area contributed by atoms with Crippen LogP contribution in [0.25, 0.3) is 0 Å². The second-order valence-corrected chi connectivity index (χ2v) is 6.56. The van der Waals surface area contributed by atoms with Crippen molar-refractivity contribution in [3.8, 4) is 5.75 Å². The number of nitrogens with zero attached hydrogens (tertiary/aromatic N) is 1. The number of benzene rings is 2. The molecule has 1 fully saturated rings. The van der Waals surface area contributed by atoms with Gasteiger partial charge in [0.25, 0.3) is 0 Å². The summed E-state index contributed by atoms with van der Waals surface area (Å²) in [5.74, 6) is 0.710. The van der Waals surface area contributed by atoms with Crippen LogP contribution >= 0.6 is 0 Å². The molecule has 4 nitrogen and oxygen atoms in total. The quantitative estimate of drug-likeness (QED) is 0.926. The molecule has 1 N–H and O–H groups in total. The Balaban J connectivity index is 1.55. The largest absolute Gasteiger partial charge is 0.490 e. The lowest BCUT2D eigenvalue weighted by atomic mass is 9.95. The molecule has 2 atom stereocenters. The molecule has 2 heterocycles. The minimum Gasteiger partial charge on any atom is -0.490 e. The number of ether oxygens (including phenoxy) is 2. The van der Waals surface area contributed by atoms with Gasteiger partial charge in [0.15, 0.2) is 0 Å². The van der Waals surface area contributed by atoms with Crippen LogP contribution in [0.15, 0.2) is 48.5 Å². The van der Waals surface area contributed by atoms with Gasteiger partial charge in [0.1, 0.15) is 24.3 Å². The molecule has 2 aliphatic rings. The number of nitrogens with one attached hydrogen (secondary N) is 1. The predicted molar refractivity (Wildman–Crippen MR) is 94.1 cm³/mol. The summed E-state index contributed by atoms with van der Waals surface area (Å²) in [5, 5.41) is 3.40. The first-order chi connectivity index (χ1) is 12.3. The highest BCUT2D eigenvalue weighted by atomic mass is 19.1. The Morgan fingerprint density at radius 2 is 1.96 bits per heavy atom. The Labute approximate surface area is 147 Å². The number of rotatable bonds is 4. The molecule has 2 unspecified atom stereocenters. The van der Waals surface area contributed by atoms with Crippen LogP contribution in [0.2, 0.25) is 0 Å². The van der Waals surface area contributed by atoms with Crippen LogP contribution in [0, 0.1) is 5.82 Å². The summed E-state index contributed by atoms with van der Waals surface area (Å²) in [6.45, 7) is 4.83. The minimum atomic E-state index is -0.231. The maximum atomic E-state index is 13.4. The first-order valence-corrected chi connectivity index (χ1v) is 8.84. The zero-order valence-corrected chi connectivity index (χ0v) is 14.2. The van der Waals surface area contributed by atoms with Crippen molar-refractivity contribution in [1.29, 1.82) is 0 Å². The van der Waals surface area contributed by atoms with Gasteiger partial charge in [0, 0.05) is 31.7 Å². The first-order valence-electron chi connectivity index (χ1n) is 8.84. The van der Waals surface area contributed by atoms with Crippen LogP contribution in [0.5, 0.6) is 5.75 Å². The summed E-state index contributed by atoms with van der Waals surface area (Å²) in [5.41, 5.74) is 2.03. The van der Waals surface area contributed by atoms with E-state index in [1.165, 1.54) is 17.7 Å². The van der Waals surface area contributed by atoms with Gasteiger partial charge in [-0.3, -0.25) is 4.90 Å². The van der Waals surface area contributed by atoms with Crippen molar-refractivity contribution in [2.24, 2.45) is 0 Å². The maximum Gasteiger partial charge on any atom is 0.124 e. The van der Waals surface area contributed by atoms with Crippen LogP contribution in [0.1, 0.15) is 17.2 Å². The molecule has 0 bridgehead atoms. The molecule has 0 radical (unpaired) electrons. The third-order valence-electron chi connectivity index (χ3n) is 4.89. The van der Waals surface area contributed by atoms with Gasteiger partial charge in [-0.05, 0) is 23.8 Å². The fraction of sp³-hybridized carbons (Fsp3) is 0.400. The average Bonchev–Trinajstić information content (AvgIpc) is 2.66. The molecule has 0 amide bonds. The second-order valence-electron chi connectivity index (χ2n) is 6.56. The van der Waals surface area contributed by atoms with E-state index < -0.39 is 0 Å². The fourth-order valence-corrected chi connectivity index (χ4v) is 3.68. The monoisotopic (exact) mass is 342 g/mol. The SMILES string of the molecule is Fc1cccc(COC2COc3ccccc3C2N2CCNCC2)c1. The van der Waals surface area contributed by atoms with Gasteiger partial charge >= 0.3 is 0 Å². The van der Waals surface area contributed by atoms with Crippen LogP contribution in [0.3, 0.4) is 0 Å². The highest BCUT2D eigenvalue weighted by molar-refractivity contribution is 5.38. The molecule has 4 rings (SSSR count). The average molecular weight is 342 g/mol. The van der Waals surface area contributed by atoms with E-state index in [-0.39, 0.29) is 18.0 Å². The Morgan fingerprint density at radius 3 is 2.80 bits per heavy atom. The summed E-state index contributed by atoms with van der Waals surface area (Å²) >= 11 is 0. The van der Waals surface area contributed by atoms with E-state index in [9.17, 15) is 4.39 Å². The summed E-state index contributed by atoms with van der Waals surface area (Å²) < 4.78 is 25.5. The fourth-order valence-electron chi connectivity index (χ4n) is 3.68. The highest BCUT2D eigenvalue weighted by Gasteiger charge is 2.36. The molecule has 0 aromatic heterocycles. The normalized spacial score (nSPS) is 23.7. The van der Waals surface area contributed by atoms with E-state index in [1.807, 2.05) is 24.3 Å². The molecule has 25 heavy (non-hydrogen) atoms. The lowest BCUT2D eigenvalue weighted by molar-refractivity contribution is -0.0617. The Kier molecular flexibility index (Phi) is 4.97. The predicted octanol–water partition coefficient (Wildman–Crippen LogP) is 2.75. The van der Waals surface area contributed by atoms with Gasteiger partial charge in [0.2, 0.25) is 0 Å². The third-order valence-corrected chi connectivity index (χ3v) is 4.89. The van der Waals surface area contributed by atoms with Gasteiger partial charge in [0.05, 0.1) is 12.6 Å². The zero-order chi connectivity index (χ0) is 17.1. The molecule has 2 aromatic rings. The van der Waals surface area contributed by atoms with Crippen LogP contribution in [0.4, 0.5) is 4.39 Å². The molecule has 132 valence electrons. The number of para-hydroxylation sites is 1. The molecule has 0 saturated carbocycles. The van der Waals surface area contributed by atoms with E-state index in [0.717, 1.165) is 37.5 Å². The molecule has 0 aliphatic carbocycles. The minimum absolute atomic E-state index is 0.0729. The Morgan fingerprint density at radius 1 is 1.12 bits per heavy atom. The summed E-state index contributed by atoms with van der Waals surface area (Å²) in [6.07, 6.45) is -0.0729. The Hall–Kier alpha value is -1.95. The summed E-state index contributed by atoms with van der Waals surface area (Å²) in [7, 11) is 0. The van der Waals surface area contributed by atoms with Crippen molar-refractivity contribution in [3.63, 3.8) is 0 Å². The lowest BCUT2D eigenvalue weighted by Crippen LogP contribution is -2.51. The number of fused-ring (bicyclic) bond motifs is 1. The number of halogens is 1. The molecule has 0 spiro atoms. The van der Waals surface area contributed by atoms with Crippen molar-refractivity contribution >= 4 is 0 Å². The van der Waals surface area contributed by atoms with Crippen molar-refractivity contribution in [1.82, 2.24) is 10.2 Å². The Bertz CT molecular complexity index is 718. The first kappa shape index (κ1) is 16.5. The van der Waals surface area contributed by atoms with E-state index in [4.69, 9.17) is 9.47 Å². The van der Waals surface area contributed by atoms with Gasteiger partial charge in [-0.1, -0.05) is 30.3 Å². The second kappa shape index (κ2) is 7.52. The number of hydrogen-bond acceptors (Lipinski definition) is 4. The highest BCUT2D eigenvalue weighted by Crippen LogP contribution is 2.37. The van der Waals surface area contributed by atoms with E-state index in [0.29, 0.717) is 13.2 Å². The van der Waals surface area contributed by atoms with Crippen LogP contribution in [-0.2, 0) is 11.3 Å². The van der Waals surface area contributed by atoms with E-state index in [1.54, 1.807) is 6.07 Å². The van der Waals surface area contributed by atoms with Crippen LogP contribution < -0.4 is 10.1 Å². The van der Waals surface area contributed by atoms with Crippen molar-refractivity contribution < 1.29 is 13.9 Å². The van der Waals surface area contributed by atoms with Crippen LogP contribution in [-0.4, -0.2) is 43.8 Å². The smallest absolute Gasteiger partial charge is 0.124 e. The zero-order valence-electron chi connectivity index (χ0n) is 14.2. The van der Waals surface area contributed by atoms with Gasteiger partial charge in [-0.15, -0.1) is 0 Å². The summed E-state index contributed by atoms with van der Waals surface area (Å²) in [6, 6.07) is 14.9. The number of hydrogen-bond donors (Lipinski definition) is 1. The van der Waals surface area contributed by atoms with Gasteiger partial charge in [-0.25, -0.2) is 4.39 Å². The lowest BCUT2D eigenvalue weighted by Gasteiger charge is -2.42. The molecular formula is C20H23FN2O2. The molecule has 2 aromatic carbocycles. The van der Waals surface area contributed by atoms with E-state index in [2.05, 4.69) is 16.3 Å². The number of piperazine rings is 1.